The number of fused-ring (bicyclic) bond motifs is 2. The van der Waals surface area contributed by atoms with Crippen molar-refractivity contribution in [1.82, 2.24) is 9.55 Å². The fourth-order valence-electron chi connectivity index (χ4n) is 3.65. The predicted molar refractivity (Wildman–Crippen MR) is 130 cm³/mol. The van der Waals surface area contributed by atoms with Gasteiger partial charge in [0.15, 0.2) is 0 Å². The van der Waals surface area contributed by atoms with Gasteiger partial charge in [0.1, 0.15) is 11.6 Å². The van der Waals surface area contributed by atoms with E-state index in [1.807, 2.05) is 66.7 Å². The Kier molecular flexibility index (Phi) is 4.88. The van der Waals surface area contributed by atoms with Crippen LogP contribution in [0, 0.1) is 0 Å². The summed E-state index contributed by atoms with van der Waals surface area (Å²) in [7, 11) is 0. The van der Waals surface area contributed by atoms with Gasteiger partial charge in [-0.2, -0.15) is 0 Å². The second-order valence-electron chi connectivity index (χ2n) is 7.20. The van der Waals surface area contributed by atoms with Crippen molar-refractivity contribution < 1.29 is 5.11 Å². The Morgan fingerprint density at radius 2 is 1.61 bits per heavy atom. The molecule has 0 aliphatic heterocycles. The maximum atomic E-state index is 13.5. The third-order valence-corrected chi connectivity index (χ3v) is 5.69. The molecule has 0 spiro atoms. The summed E-state index contributed by atoms with van der Waals surface area (Å²) in [6.45, 7) is 0. The lowest BCUT2D eigenvalue weighted by Gasteiger charge is -2.12. The predicted octanol–water partition coefficient (Wildman–Crippen LogP) is 6.18. The van der Waals surface area contributed by atoms with E-state index in [0.29, 0.717) is 22.3 Å². The topological polar surface area (TPSA) is 55.1 Å². The van der Waals surface area contributed by atoms with Crippen molar-refractivity contribution in [2.24, 2.45) is 0 Å². The van der Waals surface area contributed by atoms with E-state index in [9.17, 15) is 9.90 Å². The zero-order chi connectivity index (χ0) is 21.4. The molecule has 0 bridgehead atoms. The Balaban J connectivity index is 1.75. The first-order valence-electron chi connectivity index (χ1n) is 9.78. The van der Waals surface area contributed by atoms with Crippen molar-refractivity contribution in [3.63, 3.8) is 0 Å². The number of para-hydroxylation sites is 1. The minimum atomic E-state index is -0.140. The molecule has 1 heterocycles. The van der Waals surface area contributed by atoms with E-state index in [-0.39, 0.29) is 11.3 Å². The van der Waals surface area contributed by atoms with E-state index in [1.54, 1.807) is 34.9 Å². The number of aromatic nitrogens is 2. The van der Waals surface area contributed by atoms with Crippen LogP contribution >= 0.6 is 15.9 Å². The van der Waals surface area contributed by atoms with Crippen molar-refractivity contribution >= 4 is 49.8 Å². The van der Waals surface area contributed by atoms with E-state index in [1.165, 1.54) is 0 Å². The highest BCUT2D eigenvalue weighted by Crippen LogP contribution is 2.25. The molecular formula is C26H17BrN2O2. The molecule has 150 valence electrons. The Morgan fingerprint density at radius 1 is 0.839 bits per heavy atom. The van der Waals surface area contributed by atoms with Crippen LogP contribution in [-0.4, -0.2) is 14.7 Å². The van der Waals surface area contributed by atoms with Gasteiger partial charge >= 0.3 is 0 Å². The standard InChI is InChI=1S/C26H17BrN2O2/c27-20-11-13-24(30)19(15-20)10-14-25-28-23-8-4-3-7-22(23)26(31)29(25)21-12-9-17-5-1-2-6-18(17)16-21/h1-16,30H/b14-10+. The van der Waals surface area contributed by atoms with Crippen molar-refractivity contribution in [2.45, 2.75) is 0 Å². The van der Waals surface area contributed by atoms with Gasteiger partial charge in [-0.25, -0.2) is 4.98 Å². The third-order valence-electron chi connectivity index (χ3n) is 5.19. The van der Waals surface area contributed by atoms with Gasteiger partial charge in [0, 0.05) is 10.0 Å². The average Bonchev–Trinajstić information content (AvgIpc) is 2.79. The number of rotatable bonds is 3. The van der Waals surface area contributed by atoms with Crippen LogP contribution in [0.1, 0.15) is 11.4 Å². The zero-order valence-corrected chi connectivity index (χ0v) is 18.0. The molecule has 1 N–H and O–H groups in total. The molecule has 0 radical (unpaired) electrons. The minimum Gasteiger partial charge on any atom is -0.507 e. The smallest absolute Gasteiger partial charge is 0.266 e. The molecule has 4 nitrogen and oxygen atoms in total. The number of benzene rings is 4. The molecule has 0 aliphatic rings. The van der Waals surface area contributed by atoms with Crippen molar-refractivity contribution in [1.29, 1.82) is 0 Å². The third kappa shape index (κ3) is 3.64. The van der Waals surface area contributed by atoms with E-state index < -0.39 is 0 Å². The van der Waals surface area contributed by atoms with Crippen LogP contribution in [-0.2, 0) is 0 Å². The monoisotopic (exact) mass is 468 g/mol. The number of phenolic OH excluding ortho intramolecular Hbond substituents is 1. The molecule has 0 fully saturated rings. The molecule has 0 aliphatic carbocycles. The molecule has 0 unspecified atom stereocenters. The second-order valence-corrected chi connectivity index (χ2v) is 8.11. The maximum Gasteiger partial charge on any atom is 0.266 e. The lowest BCUT2D eigenvalue weighted by Crippen LogP contribution is -2.22. The lowest BCUT2D eigenvalue weighted by molar-refractivity contribution is 0.474. The highest BCUT2D eigenvalue weighted by atomic mass is 79.9. The molecule has 4 aromatic carbocycles. The summed E-state index contributed by atoms with van der Waals surface area (Å²) in [4.78, 5) is 18.2. The molecule has 5 aromatic rings. The van der Waals surface area contributed by atoms with Crippen molar-refractivity contribution in [3.8, 4) is 11.4 Å². The molecular weight excluding hydrogens is 452 g/mol. The molecule has 5 rings (SSSR count). The first-order chi connectivity index (χ1) is 15.1. The molecule has 0 atom stereocenters. The van der Waals surface area contributed by atoms with Gasteiger partial charge in [-0.05, 0) is 65.4 Å². The fourth-order valence-corrected chi connectivity index (χ4v) is 4.03. The van der Waals surface area contributed by atoms with Crippen molar-refractivity contribution in [3.05, 3.63) is 111 Å². The van der Waals surface area contributed by atoms with E-state index in [4.69, 9.17) is 4.98 Å². The summed E-state index contributed by atoms with van der Waals surface area (Å²) >= 11 is 3.43. The van der Waals surface area contributed by atoms with Crippen LogP contribution in [0.5, 0.6) is 5.75 Å². The van der Waals surface area contributed by atoms with Crippen LogP contribution in [0.15, 0.2) is 94.2 Å². The van der Waals surface area contributed by atoms with E-state index in [0.717, 1.165) is 20.9 Å². The van der Waals surface area contributed by atoms with Crippen LogP contribution in [0.2, 0.25) is 0 Å². The van der Waals surface area contributed by atoms with Gasteiger partial charge in [0.25, 0.3) is 5.56 Å². The lowest BCUT2D eigenvalue weighted by atomic mass is 10.1. The minimum absolute atomic E-state index is 0.140. The largest absolute Gasteiger partial charge is 0.507 e. The summed E-state index contributed by atoms with van der Waals surface area (Å²) in [5, 5.41) is 12.9. The second kappa shape index (κ2) is 7.85. The highest BCUT2D eigenvalue weighted by molar-refractivity contribution is 9.10. The number of halogens is 1. The summed E-state index contributed by atoms with van der Waals surface area (Å²) in [6, 6.07) is 26.5. The van der Waals surface area contributed by atoms with Gasteiger partial charge in [-0.3, -0.25) is 9.36 Å². The number of phenols is 1. The fraction of sp³-hybridized carbons (Fsp3) is 0. The summed E-state index contributed by atoms with van der Waals surface area (Å²) in [6.07, 6.45) is 3.51. The van der Waals surface area contributed by atoms with Gasteiger partial charge in [-0.15, -0.1) is 0 Å². The number of hydrogen-bond acceptors (Lipinski definition) is 3. The number of aromatic hydroxyl groups is 1. The average molecular weight is 469 g/mol. The molecule has 0 amide bonds. The van der Waals surface area contributed by atoms with Gasteiger partial charge in [0.05, 0.1) is 16.6 Å². The van der Waals surface area contributed by atoms with Crippen LogP contribution in [0.25, 0.3) is 39.5 Å². The highest BCUT2D eigenvalue weighted by Gasteiger charge is 2.12. The van der Waals surface area contributed by atoms with E-state index >= 15 is 0 Å². The van der Waals surface area contributed by atoms with Crippen molar-refractivity contribution in [2.75, 3.05) is 0 Å². The first-order valence-corrected chi connectivity index (χ1v) is 10.6. The van der Waals surface area contributed by atoms with Crippen LogP contribution < -0.4 is 5.56 Å². The summed E-state index contributed by atoms with van der Waals surface area (Å²) in [5.41, 5.74) is 1.85. The Labute approximate surface area is 186 Å². The summed E-state index contributed by atoms with van der Waals surface area (Å²) < 4.78 is 2.46. The molecule has 0 saturated carbocycles. The molecule has 0 saturated heterocycles. The quantitative estimate of drug-likeness (QED) is 0.344. The SMILES string of the molecule is O=c1c2ccccc2nc(/C=C/c2cc(Br)ccc2O)n1-c1ccc2ccccc2c1. The Bertz CT molecular complexity index is 1540. The van der Waals surface area contributed by atoms with E-state index in [2.05, 4.69) is 15.9 Å². The molecule has 1 aromatic heterocycles. The number of nitrogens with zero attached hydrogens (tertiary/aromatic N) is 2. The molecule has 31 heavy (non-hydrogen) atoms. The number of hydrogen-bond donors (Lipinski definition) is 1. The zero-order valence-electron chi connectivity index (χ0n) is 16.4. The van der Waals surface area contributed by atoms with Gasteiger partial charge in [0.2, 0.25) is 0 Å². The normalized spacial score (nSPS) is 11.5. The Morgan fingerprint density at radius 3 is 2.48 bits per heavy atom. The molecule has 5 heteroatoms. The summed E-state index contributed by atoms with van der Waals surface area (Å²) in [5.74, 6) is 0.637. The first kappa shape index (κ1) is 19.3. The van der Waals surface area contributed by atoms with Gasteiger partial charge in [-0.1, -0.05) is 58.4 Å². The van der Waals surface area contributed by atoms with Gasteiger partial charge < -0.3 is 5.11 Å². The maximum absolute atomic E-state index is 13.5. The van der Waals surface area contributed by atoms with Crippen LogP contribution in [0.4, 0.5) is 0 Å². The Hall–Kier alpha value is -3.70. The van der Waals surface area contributed by atoms with Crippen LogP contribution in [0.3, 0.4) is 0 Å².